The lowest BCUT2D eigenvalue weighted by Crippen LogP contribution is -2.46. The van der Waals surface area contributed by atoms with Gasteiger partial charge in [0, 0.05) is 0 Å². The van der Waals surface area contributed by atoms with Crippen molar-refractivity contribution in [2.24, 2.45) is 5.92 Å². The van der Waals surface area contributed by atoms with E-state index in [-0.39, 0.29) is 12.3 Å². The maximum Gasteiger partial charge on any atom is 0.326 e. The van der Waals surface area contributed by atoms with Crippen LogP contribution in [0.4, 0.5) is 0 Å². The monoisotopic (exact) mass is 247 g/mol. The van der Waals surface area contributed by atoms with Crippen molar-refractivity contribution >= 4 is 17.8 Å². The number of aliphatic hydroxyl groups excluding tert-OH is 1. The molecule has 0 saturated carbocycles. The van der Waals surface area contributed by atoms with Crippen LogP contribution in [0.2, 0.25) is 0 Å². The Morgan fingerprint density at radius 2 is 1.71 bits per heavy atom. The van der Waals surface area contributed by atoms with Crippen molar-refractivity contribution in [3.8, 4) is 0 Å². The summed E-state index contributed by atoms with van der Waals surface area (Å²) in [6.45, 7) is 3.59. The van der Waals surface area contributed by atoms with Gasteiger partial charge in [0.1, 0.15) is 12.1 Å². The van der Waals surface area contributed by atoms with Gasteiger partial charge in [0.15, 0.2) is 0 Å². The molecule has 4 N–H and O–H groups in total. The first kappa shape index (κ1) is 15.4. The molecule has 0 aliphatic heterocycles. The third kappa shape index (κ3) is 6.52. The van der Waals surface area contributed by atoms with E-state index in [9.17, 15) is 19.5 Å². The second-order valence-electron chi connectivity index (χ2n) is 4.14. The molecule has 7 nitrogen and oxygen atoms in total. The summed E-state index contributed by atoms with van der Waals surface area (Å²) < 4.78 is 0. The van der Waals surface area contributed by atoms with Crippen LogP contribution in [0.15, 0.2) is 0 Å². The molecule has 0 bridgehead atoms. The zero-order valence-corrected chi connectivity index (χ0v) is 9.71. The van der Waals surface area contributed by atoms with Gasteiger partial charge in [-0.1, -0.05) is 13.8 Å². The van der Waals surface area contributed by atoms with Gasteiger partial charge >= 0.3 is 11.9 Å². The highest BCUT2D eigenvalue weighted by Crippen LogP contribution is 2.05. The number of carboxylic acid groups (broad SMARTS) is 2. The number of amides is 1. The van der Waals surface area contributed by atoms with Gasteiger partial charge in [0.2, 0.25) is 5.91 Å². The molecule has 0 unspecified atom stereocenters. The summed E-state index contributed by atoms with van der Waals surface area (Å²) in [4.78, 5) is 32.4. The highest BCUT2D eigenvalue weighted by atomic mass is 16.4. The predicted octanol–water partition coefficient (Wildman–Crippen LogP) is -0.562. The zero-order chi connectivity index (χ0) is 13.6. The summed E-state index contributed by atoms with van der Waals surface area (Å²) in [7, 11) is 0. The SMILES string of the molecule is CC(C)C[C@@H](O)C(=O)N[C@H](CC(=O)O)C(=O)O. The molecule has 0 spiro atoms. The van der Waals surface area contributed by atoms with Gasteiger partial charge in [0.05, 0.1) is 6.42 Å². The second kappa shape index (κ2) is 6.85. The smallest absolute Gasteiger partial charge is 0.326 e. The minimum Gasteiger partial charge on any atom is -0.481 e. The van der Waals surface area contributed by atoms with E-state index in [2.05, 4.69) is 0 Å². The molecule has 0 heterocycles. The first-order valence-electron chi connectivity index (χ1n) is 5.17. The molecule has 0 aromatic heterocycles. The van der Waals surface area contributed by atoms with E-state index in [1.807, 2.05) is 5.32 Å². The Bertz CT molecular complexity index is 301. The maximum atomic E-state index is 11.4. The summed E-state index contributed by atoms with van der Waals surface area (Å²) in [5.74, 6) is -3.58. The molecule has 0 aromatic carbocycles. The third-order valence-electron chi connectivity index (χ3n) is 1.99. The normalized spacial score (nSPS) is 14.1. The summed E-state index contributed by atoms with van der Waals surface area (Å²) in [6.07, 6.45) is -1.87. The molecule has 17 heavy (non-hydrogen) atoms. The predicted molar refractivity (Wildman–Crippen MR) is 57.3 cm³/mol. The maximum absolute atomic E-state index is 11.4. The van der Waals surface area contributed by atoms with Gasteiger partial charge in [0.25, 0.3) is 0 Å². The number of hydrogen-bond acceptors (Lipinski definition) is 4. The molecular weight excluding hydrogens is 230 g/mol. The van der Waals surface area contributed by atoms with Crippen molar-refractivity contribution < 1.29 is 29.7 Å². The summed E-state index contributed by atoms with van der Waals surface area (Å²) in [5.41, 5.74) is 0. The highest BCUT2D eigenvalue weighted by molar-refractivity contribution is 5.88. The van der Waals surface area contributed by atoms with Crippen molar-refractivity contribution in [2.45, 2.75) is 38.8 Å². The number of aliphatic hydroxyl groups is 1. The van der Waals surface area contributed by atoms with Crippen LogP contribution in [-0.2, 0) is 14.4 Å². The Morgan fingerprint density at radius 3 is 2.06 bits per heavy atom. The molecule has 98 valence electrons. The number of rotatable bonds is 7. The van der Waals surface area contributed by atoms with Gasteiger partial charge in [-0.05, 0) is 12.3 Å². The number of aliphatic carboxylic acids is 2. The number of carboxylic acids is 2. The van der Waals surface area contributed by atoms with Crippen LogP contribution in [0.3, 0.4) is 0 Å². The third-order valence-corrected chi connectivity index (χ3v) is 1.99. The fourth-order valence-corrected chi connectivity index (χ4v) is 1.20. The van der Waals surface area contributed by atoms with Crippen LogP contribution < -0.4 is 5.32 Å². The van der Waals surface area contributed by atoms with Crippen LogP contribution in [0, 0.1) is 5.92 Å². The van der Waals surface area contributed by atoms with Gasteiger partial charge in [-0.15, -0.1) is 0 Å². The van der Waals surface area contributed by atoms with Crippen LogP contribution in [0.5, 0.6) is 0 Å². The molecular formula is C10H17NO6. The van der Waals surface area contributed by atoms with Crippen molar-refractivity contribution in [1.29, 1.82) is 0 Å². The van der Waals surface area contributed by atoms with Gasteiger partial charge < -0.3 is 20.6 Å². The lowest BCUT2D eigenvalue weighted by Gasteiger charge is -2.16. The van der Waals surface area contributed by atoms with E-state index in [1.165, 1.54) is 0 Å². The molecule has 0 rings (SSSR count). The molecule has 0 fully saturated rings. The molecule has 1 amide bonds. The molecule has 0 aliphatic rings. The van der Waals surface area contributed by atoms with Crippen molar-refractivity contribution in [3.63, 3.8) is 0 Å². The van der Waals surface area contributed by atoms with E-state index in [4.69, 9.17) is 10.2 Å². The van der Waals surface area contributed by atoms with E-state index in [1.54, 1.807) is 13.8 Å². The Labute approximate surface area is 98.4 Å². The average Bonchev–Trinajstić information content (AvgIpc) is 2.14. The number of carbonyl (C=O) groups excluding carboxylic acids is 1. The number of nitrogens with one attached hydrogen (secondary N) is 1. The number of carbonyl (C=O) groups is 3. The van der Waals surface area contributed by atoms with Crippen molar-refractivity contribution in [2.75, 3.05) is 0 Å². The van der Waals surface area contributed by atoms with E-state index in [0.29, 0.717) is 0 Å². The van der Waals surface area contributed by atoms with Crippen LogP contribution >= 0.6 is 0 Å². The Morgan fingerprint density at radius 1 is 1.18 bits per heavy atom. The quantitative estimate of drug-likeness (QED) is 0.478. The topological polar surface area (TPSA) is 124 Å². The van der Waals surface area contributed by atoms with Gasteiger partial charge in [-0.25, -0.2) is 4.79 Å². The largest absolute Gasteiger partial charge is 0.481 e. The summed E-state index contributed by atoms with van der Waals surface area (Å²) in [6, 6.07) is -1.53. The Balaban J connectivity index is 4.39. The van der Waals surface area contributed by atoms with Crippen LogP contribution in [-0.4, -0.2) is 45.3 Å². The fourth-order valence-electron chi connectivity index (χ4n) is 1.20. The lowest BCUT2D eigenvalue weighted by molar-refractivity contribution is -0.148. The molecule has 7 heteroatoms. The summed E-state index contributed by atoms with van der Waals surface area (Å²) >= 11 is 0. The molecule has 2 atom stereocenters. The van der Waals surface area contributed by atoms with E-state index < -0.39 is 36.4 Å². The van der Waals surface area contributed by atoms with Gasteiger partial charge in [-0.2, -0.15) is 0 Å². The lowest BCUT2D eigenvalue weighted by atomic mass is 10.1. The first-order valence-corrected chi connectivity index (χ1v) is 5.17. The van der Waals surface area contributed by atoms with Crippen molar-refractivity contribution in [3.05, 3.63) is 0 Å². The van der Waals surface area contributed by atoms with E-state index in [0.717, 1.165) is 0 Å². The summed E-state index contributed by atoms with van der Waals surface area (Å²) in [5, 5.41) is 28.5. The Kier molecular flexibility index (Phi) is 6.19. The molecule has 0 aromatic rings. The molecule has 0 radical (unpaired) electrons. The number of hydrogen-bond donors (Lipinski definition) is 4. The Hall–Kier alpha value is -1.63. The van der Waals surface area contributed by atoms with Crippen molar-refractivity contribution in [1.82, 2.24) is 5.32 Å². The van der Waals surface area contributed by atoms with Crippen LogP contribution in [0.25, 0.3) is 0 Å². The minimum absolute atomic E-state index is 0.0681. The second-order valence-corrected chi connectivity index (χ2v) is 4.14. The highest BCUT2D eigenvalue weighted by Gasteiger charge is 2.26. The fraction of sp³-hybridized carbons (Fsp3) is 0.700. The van der Waals surface area contributed by atoms with Gasteiger partial charge in [-0.3, -0.25) is 9.59 Å². The molecule has 0 saturated heterocycles. The van der Waals surface area contributed by atoms with E-state index >= 15 is 0 Å². The molecule has 0 aliphatic carbocycles. The average molecular weight is 247 g/mol. The minimum atomic E-state index is -1.53. The van der Waals surface area contributed by atoms with Crippen LogP contribution in [0.1, 0.15) is 26.7 Å². The zero-order valence-electron chi connectivity index (χ0n) is 9.71. The first-order chi connectivity index (χ1) is 7.73. The standard InChI is InChI=1S/C10H17NO6/c1-5(2)3-7(12)9(15)11-6(10(16)17)4-8(13)14/h5-7,12H,3-4H2,1-2H3,(H,11,15)(H,13,14)(H,16,17)/t6-,7-/m1/s1.